The van der Waals surface area contributed by atoms with E-state index in [2.05, 4.69) is 14.8 Å². The van der Waals surface area contributed by atoms with Crippen LogP contribution in [0, 0.1) is 6.92 Å². The van der Waals surface area contributed by atoms with E-state index in [1.807, 2.05) is 13.0 Å². The summed E-state index contributed by atoms with van der Waals surface area (Å²) < 4.78 is 55.1. The van der Waals surface area contributed by atoms with E-state index >= 15 is 0 Å². The second kappa shape index (κ2) is 8.78. The highest BCUT2D eigenvalue weighted by Crippen LogP contribution is 2.22. The lowest BCUT2D eigenvalue weighted by Crippen LogP contribution is -2.15. The Balaban J connectivity index is 1.74. The van der Waals surface area contributed by atoms with Gasteiger partial charge >= 0.3 is 0 Å². The number of aryl methyl sites for hydroxylation is 1. The van der Waals surface area contributed by atoms with Gasteiger partial charge in [0.15, 0.2) is 0 Å². The van der Waals surface area contributed by atoms with Gasteiger partial charge in [0.1, 0.15) is 0 Å². The average molecular weight is 460 g/mol. The van der Waals surface area contributed by atoms with Gasteiger partial charge in [0.05, 0.1) is 9.79 Å². The van der Waals surface area contributed by atoms with Crippen LogP contribution in [0.15, 0.2) is 82.6 Å². The van der Waals surface area contributed by atoms with E-state index < -0.39 is 20.0 Å². The number of anilines is 3. The molecule has 0 aliphatic carbocycles. The van der Waals surface area contributed by atoms with Crippen LogP contribution in [0.25, 0.3) is 0 Å². The molecule has 0 saturated heterocycles. The first-order chi connectivity index (χ1) is 14.5. The predicted molar refractivity (Wildman–Crippen MR) is 120 cm³/mol. The second-order valence-corrected chi connectivity index (χ2v) is 10.2. The normalized spacial score (nSPS) is 11.5. The van der Waals surface area contributed by atoms with Crippen LogP contribution in [0.2, 0.25) is 0 Å². The second-order valence-electron chi connectivity index (χ2n) is 6.81. The predicted octanol–water partition coefficient (Wildman–Crippen LogP) is 3.56. The molecule has 162 valence electrons. The third-order valence-corrected chi connectivity index (χ3v) is 6.97. The van der Waals surface area contributed by atoms with Crippen molar-refractivity contribution in [3.8, 4) is 0 Å². The average Bonchev–Trinajstić information content (AvgIpc) is 2.68. The van der Waals surface area contributed by atoms with Gasteiger partial charge in [-0.05, 0) is 73.2 Å². The Morgan fingerprint density at radius 3 is 1.65 bits per heavy atom. The van der Waals surface area contributed by atoms with E-state index in [1.54, 1.807) is 18.2 Å². The van der Waals surface area contributed by atoms with Crippen LogP contribution in [0.3, 0.4) is 0 Å². The Morgan fingerprint density at radius 2 is 1.16 bits per heavy atom. The molecule has 3 rings (SSSR count). The van der Waals surface area contributed by atoms with E-state index in [4.69, 9.17) is 0 Å². The lowest BCUT2D eigenvalue weighted by atomic mass is 10.2. The Hall–Kier alpha value is -3.37. The summed E-state index contributed by atoms with van der Waals surface area (Å²) in [4.78, 5) is 11.1. The highest BCUT2D eigenvalue weighted by atomic mass is 32.2. The number of nitrogens with one attached hydrogen (secondary N) is 3. The first-order valence-electron chi connectivity index (χ1n) is 9.15. The Bertz CT molecular complexity index is 1300. The minimum absolute atomic E-state index is 0.000542. The molecule has 31 heavy (non-hydrogen) atoms. The van der Waals surface area contributed by atoms with Gasteiger partial charge in [-0.3, -0.25) is 14.2 Å². The van der Waals surface area contributed by atoms with Crippen molar-refractivity contribution in [1.82, 2.24) is 0 Å². The summed E-state index contributed by atoms with van der Waals surface area (Å²) in [5, 5.41) is 2.56. The lowest BCUT2D eigenvalue weighted by Gasteiger charge is -2.11. The fraction of sp³-hybridized carbons (Fsp3) is 0.0952. The van der Waals surface area contributed by atoms with Crippen LogP contribution in [0.4, 0.5) is 17.1 Å². The van der Waals surface area contributed by atoms with Crippen molar-refractivity contribution in [1.29, 1.82) is 0 Å². The lowest BCUT2D eigenvalue weighted by molar-refractivity contribution is -0.114. The van der Waals surface area contributed by atoms with Crippen LogP contribution in [0.1, 0.15) is 12.5 Å². The molecule has 8 nitrogen and oxygen atoms in total. The molecule has 0 bridgehead atoms. The van der Waals surface area contributed by atoms with Crippen LogP contribution >= 0.6 is 0 Å². The molecule has 0 atom stereocenters. The summed E-state index contributed by atoms with van der Waals surface area (Å²) in [6.45, 7) is 3.21. The number of carbonyl (C=O) groups is 1. The number of sulfonamides is 2. The zero-order chi connectivity index (χ0) is 22.6. The highest BCUT2D eigenvalue weighted by molar-refractivity contribution is 7.93. The zero-order valence-corrected chi connectivity index (χ0v) is 18.4. The molecule has 3 N–H and O–H groups in total. The molecule has 0 unspecified atom stereocenters. The van der Waals surface area contributed by atoms with Gasteiger partial charge in [-0.1, -0.05) is 12.1 Å². The van der Waals surface area contributed by atoms with Crippen molar-refractivity contribution in [2.24, 2.45) is 0 Å². The van der Waals surface area contributed by atoms with Crippen LogP contribution in [0.5, 0.6) is 0 Å². The van der Waals surface area contributed by atoms with Crippen molar-refractivity contribution in [3.05, 3.63) is 78.4 Å². The fourth-order valence-corrected chi connectivity index (χ4v) is 4.87. The monoisotopic (exact) mass is 459 g/mol. The highest BCUT2D eigenvalue weighted by Gasteiger charge is 2.17. The summed E-state index contributed by atoms with van der Waals surface area (Å²) >= 11 is 0. The summed E-state index contributed by atoms with van der Waals surface area (Å²) in [6, 6.07) is 18.0. The Morgan fingerprint density at radius 1 is 0.677 bits per heavy atom. The van der Waals surface area contributed by atoms with Crippen LogP contribution in [-0.2, 0) is 24.8 Å². The van der Waals surface area contributed by atoms with Crippen molar-refractivity contribution < 1.29 is 21.6 Å². The standard InChI is InChI=1S/C21H21N3O5S2/c1-15-4-3-5-19(14-15)24-31(28,29)21-12-8-18(9-13-21)23-30(26,27)20-10-6-17(7-11-20)22-16(2)25/h3-14,23-24H,1-2H3,(H,22,25). The van der Waals surface area contributed by atoms with E-state index in [-0.39, 0.29) is 21.4 Å². The fourth-order valence-electron chi connectivity index (χ4n) is 2.76. The van der Waals surface area contributed by atoms with Crippen molar-refractivity contribution in [2.75, 3.05) is 14.8 Å². The van der Waals surface area contributed by atoms with Crippen molar-refractivity contribution in [3.63, 3.8) is 0 Å². The molecular formula is C21H21N3O5S2. The van der Waals surface area contributed by atoms with Gasteiger partial charge in [-0.25, -0.2) is 16.8 Å². The molecule has 10 heteroatoms. The van der Waals surface area contributed by atoms with E-state index in [0.717, 1.165) is 5.56 Å². The third-order valence-electron chi connectivity index (χ3n) is 4.17. The molecule has 0 aromatic heterocycles. The molecular weight excluding hydrogens is 438 g/mol. The number of carbonyl (C=O) groups excluding carboxylic acids is 1. The van der Waals surface area contributed by atoms with Crippen LogP contribution in [-0.4, -0.2) is 22.7 Å². The van der Waals surface area contributed by atoms with Gasteiger partial charge in [0, 0.05) is 24.0 Å². The number of benzene rings is 3. The molecule has 3 aromatic carbocycles. The summed E-state index contributed by atoms with van der Waals surface area (Å²) in [6.07, 6.45) is 0. The van der Waals surface area contributed by atoms with Gasteiger partial charge in [0.2, 0.25) is 5.91 Å². The molecule has 0 radical (unpaired) electrons. The minimum Gasteiger partial charge on any atom is -0.326 e. The van der Waals surface area contributed by atoms with Gasteiger partial charge in [-0.15, -0.1) is 0 Å². The maximum absolute atomic E-state index is 12.6. The van der Waals surface area contributed by atoms with Gasteiger partial charge in [0.25, 0.3) is 20.0 Å². The van der Waals surface area contributed by atoms with Crippen molar-refractivity contribution >= 4 is 43.0 Å². The van der Waals surface area contributed by atoms with Crippen LogP contribution < -0.4 is 14.8 Å². The molecule has 0 aliphatic heterocycles. The largest absolute Gasteiger partial charge is 0.326 e. The quantitative estimate of drug-likeness (QED) is 0.499. The molecule has 0 saturated carbocycles. The number of hydrogen-bond acceptors (Lipinski definition) is 5. The molecule has 3 aromatic rings. The molecule has 0 spiro atoms. The SMILES string of the molecule is CC(=O)Nc1ccc(S(=O)(=O)Nc2ccc(S(=O)(=O)Nc3cccc(C)c3)cc2)cc1. The van der Waals surface area contributed by atoms with E-state index in [9.17, 15) is 21.6 Å². The maximum Gasteiger partial charge on any atom is 0.261 e. The minimum atomic E-state index is -3.89. The van der Waals surface area contributed by atoms with Gasteiger partial charge < -0.3 is 5.32 Å². The van der Waals surface area contributed by atoms with E-state index in [1.165, 1.54) is 55.5 Å². The maximum atomic E-state index is 12.6. The topological polar surface area (TPSA) is 121 Å². The van der Waals surface area contributed by atoms with Gasteiger partial charge in [-0.2, -0.15) is 0 Å². The summed E-state index contributed by atoms with van der Waals surface area (Å²) in [5.74, 6) is -0.263. The molecule has 0 heterocycles. The Kier molecular flexibility index (Phi) is 6.32. The van der Waals surface area contributed by atoms with Crippen molar-refractivity contribution in [2.45, 2.75) is 23.6 Å². The number of hydrogen-bond donors (Lipinski definition) is 3. The summed E-state index contributed by atoms with van der Waals surface area (Å²) in [5.41, 5.74) is 2.03. The zero-order valence-electron chi connectivity index (χ0n) is 16.8. The molecule has 0 aliphatic rings. The Labute approximate surface area is 181 Å². The smallest absolute Gasteiger partial charge is 0.261 e. The number of amides is 1. The van der Waals surface area contributed by atoms with E-state index in [0.29, 0.717) is 11.4 Å². The third kappa shape index (κ3) is 5.83. The summed E-state index contributed by atoms with van der Waals surface area (Å²) in [7, 11) is -7.71. The first kappa shape index (κ1) is 22.3. The molecule has 1 amide bonds. The number of rotatable bonds is 7. The first-order valence-corrected chi connectivity index (χ1v) is 12.1. The molecule has 0 fully saturated rings.